The Balaban J connectivity index is 1.42. The SMILES string of the molecule is CC(=O)Nc1nc2ccc(C(=O)N(Cc3ccc(C4=CCN(C(=O)O)CC4)cn3)C(C)c3ncccn3)cc2cc1C. The van der Waals surface area contributed by atoms with Gasteiger partial charge in [0.15, 0.2) is 0 Å². The molecule has 0 spiro atoms. The fourth-order valence-corrected chi connectivity index (χ4v) is 4.91. The summed E-state index contributed by atoms with van der Waals surface area (Å²) in [7, 11) is 0. The van der Waals surface area contributed by atoms with Crippen molar-refractivity contribution in [3.63, 3.8) is 0 Å². The summed E-state index contributed by atoms with van der Waals surface area (Å²) in [5, 5.41) is 12.7. The van der Waals surface area contributed by atoms with Crippen LogP contribution in [0.1, 0.15) is 59.3 Å². The molecule has 1 aliphatic heterocycles. The van der Waals surface area contributed by atoms with E-state index >= 15 is 0 Å². The van der Waals surface area contributed by atoms with Gasteiger partial charge in [-0.05, 0) is 73.4 Å². The Morgan fingerprint density at radius 1 is 1.10 bits per heavy atom. The van der Waals surface area contributed by atoms with Crippen LogP contribution in [0.3, 0.4) is 0 Å². The Morgan fingerprint density at radius 3 is 2.52 bits per heavy atom. The minimum atomic E-state index is -0.924. The van der Waals surface area contributed by atoms with Gasteiger partial charge < -0.3 is 20.2 Å². The van der Waals surface area contributed by atoms with E-state index in [0.717, 1.165) is 22.1 Å². The van der Waals surface area contributed by atoms with Crippen LogP contribution in [-0.2, 0) is 11.3 Å². The number of nitrogens with one attached hydrogen (secondary N) is 1. The molecule has 0 saturated heterocycles. The van der Waals surface area contributed by atoms with Crippen LogP contribution in [0.4, 0.5) is 10.6 Å². The molecule has 2 N–H and O–H groups in total. The monoisotopic (exact) mass is 565 g/mol. The number of amides is 3. The van der Waals surface area contributed by atoms with Gasteiger partial charge in [-0.15, -0.1) is 0 Å². The molecule has 1 unspecified atom stereocenters. The van der Waals surface area contributed by atoms with Gasteiger partial charge in [0.25, 0.3) is 5.91 Å². The summed E-state index contributed by atoms with van der Waals surface area (Å²) in [6.45, 7) is 6.18. The van der Waals surface area contributed by atoms with E-state index in [1.165, 1.54) is 11.8 Å². The first-order chi connectivity index (χ1) is 20.2. The van der Waals surface area contributed by atoms with Gasteiger partial charge in [0, 0.05) is 49.6 Å². The molecule has 0 radical (unpaired) electrons. The third-order valence-electron chi connectivity index (χ3n) is 7.24. The smallest absolute Gasteiger partial charge is 0.407 e. The van der Waals surface area contributed by atoms with Crippen LogP contribution in [0, 0.1) is 6.92 Å². The summed E-state index contributed by atoms with van der Waals surface area (Å²) in [6, 6.07) is 12.3. The largest absolute Gasteiger partial charge is 0.465 e. The maximum atomic E-state index is 14.0. The first kappa shape index (κ1) is 28.3. The summed E-state index contributed by atoms with van der Waals surface area (Å²) in [6.07, 6.45) is 6.66. The van der Waals surface area contributed by atoms with Crippen LogP contribution in [0.5, 0.6) is 0 Å². The lowest BCUT2D eigenvalue weighted by atomic mass is 10.0. The molecule has 4 aromatic rings. The highest BCUT2D eigenvalue weighted by Crippen LogP contribution is 2.27. The Morgan fingerprint density at radius 2 is 1.88 bits per heavy atom. The Bertz CT molecular complexity index is 1670. The van der Waals surface area contributed by atoms with Gasteiger partial charge in [-0.1, -0.05) is 12.1 Å². The van der Waals surface area contributed by atoms with Crippen molar-refractivity contribution in [2.24, 2.45) is 0 Å². The third-order valence-corrected chi connectivity index (χ3v) is 7.24. The van der Waals surface area contributed by atoms with Crippen molar-refractivity contribution >= 4 is 40.2 Å². The van der Waals surface area contributed by atoms with E-state index in [1.807, 2.05) is 38.1 Å². The van der Waals surface area contributed by atoms with Crippen LogP contribution < -0.4 is 5.32 Å². The van der Waals surface area contributed by atoms with Gasteiger partial charge in [0.2, 0.25) is 5.91 Å². The van der Waals surface area contributed by atoms with Crippen molar-refractivity contribution in [2.45, 2.75) is 39.8 Å². The van der Waals surface area contributed by atoms with Crippen molar-refractivity contribution in [2.75, 3.05) is 18.4 Å². The number of aromatic nitrogens is 4. The fourth-order valence-electron chi connectivity index (χ4n) is 4.91. The quantitative estimate of drug-likeness (QED) is 0.324. The zero-order valence-electron chi connectivity index (χ0n) is 23.6. The summed E-state index contributed by atoms with van der Waals surface area (Å²) >= 11 is 0. The molecule has 0 bridgehead atoms. The molecule has 11 heteroatoms. The van der Waals surface area contributed by atoms with Gasteiger partial charge in [0.1, 0.15) is 11.6 Å². The molecule has 214 valence electrons. The van der Waals surface area contributed by atoms with Gasteiger partial charge in [-0.2, -0.15) is 0 Å². The number of carbonyl (C=O) groups excluding carboxylic acids is 2. The van der Waals surface area contributed by atoms with Gasteiger partial charge in [-0.3, -0.25) is 14.6 Å². The number of anilines is 1. The van der Waals surface area contributed by atoms with E-state index in [0.29, 0.717) is 47.9 Å². The Kier molecular flexibility index (Phi) is 8.19. The van der Waals surface area contributed by atoms with Crippen LogP contribution in [0.2, 0.25) is 0 Å². The number of aryl methyl sites for hydroxylation is 1. The second kappa shape index (κ2) is 12.1. The molecular formula is C31H31N7O4. The Hall–Kier alpha value is -5.19. The van der Waals surface area contributed by atoms with Crippen molar-refractivity contribution < 1.29 is 19.5 Å². The van der Waals surface area contributed by atoms with E-state index in [-0.39, 0.29) is 18.4 Å². The predicted molar refractivity (Wildman–Crippen MR) is 158 cm³/mol. The molecule has 5 rings (SSSR count). The molecule has 0 saturated carbocycles. The minimum Gasteiger partial charge on any atom is -0.465 e. The second-order valence-corrected chi connectivity index (χ2v) is 10.2. The maximum absolute atomic E-state index is 14.0. The van der Waals surface area contributed by atoms with Gasteiger partial charge in [-0.25, -0.2) is 19.7 Å². The van der Waals surface area contributed by atoms with Crippen molar-refractivity contribution in [1.29, 1.82) is 0 Å². The predicted octanol–water partition coefficient (Wildman–Crippen LogP) is 4.86. The van der Waals surface area contributed by atoms with E-state index in [1.54, 1.807) is 47.8 Å². The van der Waals surface area contributed by atoms with E-state index in [4.69, 9.17) is 0 Å². The lowest BCUT2D eigenvalue weighted by Crippen LogP contribution is -2.34. The maximum Gasteiger partial charge on any atom is 0.407 e. The van der Waals surface area contributed by atoms with Crippen LogP contribution >= 0.6 is 0 Å². The first-order valence-electron chi connectivity index (χ1n) is 13.6. The van der Waals surface area contributed by atoms with Crippen LogP contribution in [0.25, 0.3) is 16.5 Å². The van der Waals surface area contributed by atoms with Gasteiger partial charge >= 0.3 is 6.09 Å². The molecular weight excluding hydrogens is 534 g/mol. The normalized spacial score (nSPS) is 13.8. The highest BCUT2D eigenvalue weighted by molar-refractivity contribution is 5.99. The molecule has 0 aliphatic carbocycles. The summed E-state index contributed by atoms with van der Waals surface area (Å²) in [5.41, 5.74) is 4.60. The van der Waals surface area contributed by atoms with E-state index in [2.05, 4.69) is 25.3 Å². The average molecular weight is 566 g/mol. The summed E-state index contributed by atoms with van der Waals surface area (Å²) in [5.74, 6) is 0.584. The topological polar surface area (TPSA) is 142 Å². The molecule has 42 heavy (non-hydrogen) atoms. The molecule has 3 aromatic heterocycles. The number of pyridine rings is 2. The number of carboxylic acid groups (broad SMARTS) is 1. The van der Waals surface area contributed by atoms with E-state index in [9.17, 15) is 19.5 Å². The fraction of sp³-hybridized carbons (Fsp3) is 0.258. The number of hydrogen-bond acceptors (Lipinski definition) is 7. The number of hydrogen-bond donors (Lipinski definition) is 2. The molecule has 1 aromatic carbocycles. The molecule has 3 amide bonds. The highest BCUT2D eigenvalue weighted by Gasteiger charge is 2.26. The Labute approximate surface area is 243 Å². The molecule has 4 heterocycles. The molecule has 1 atom stereocenters. The summed E-state index contributed by atoms with van der Waals surface area (Å²) < 4.78 is 0. The minimum absolute atomic E-state index is 0.202. The number of nitrogens with zero attached hydrogens (tertiary/aromatic N) is 6. The zero-order chi connectivity index (χ0) is 29.8. The number of rotatable bonds is 7. The van der Waals surface area contributed by atoms with Crippen LogP contribution in [-0.4, -0.2) is 65.8 Å². The average Bonchev–Trinajstić information content (AvgIpc) is 3.00. The molecule has 11 nitrogen and oxygen atoms in total. The van der Waals surface area contributed by atoms with Crippen molar-refractivity contribution in [3.05, 3.63) is 95.3 Å². The van der Waals surface area contributed by atoms with Crippen LogP contribution in [0.15, 0.2) is 67.1 Å². The summed E-state index contributed by atoms with van der Waals surface area (Å²) in [4.78, 5) is 57.8. The lowest BCUT2D eigenvalue weighted by Gasteiger charge is -2.28. The number of carbonyl (C=O) groups is 3. The number of benzene rings is 1. The van der Waals surface area contributed by atoms with Crippen molar-refractivity contribution in [3.8, 4) is 0 Å². The van der Waals surface area contributed by atoms with Crippen molar-refractivity contribution in [1.82, 2.24) is 29.7 Å². The second-order valence-electron chi connectivity index (χ2n) is 10.2. The standard InChI is InChI=1S/C31H31N7O4/c1-19-15-25-16-23(6-8-27(25)36-28(19)35-21(3)39)30(40)38(20(2)29-32-11-4-12-33-29)18-26-7-5-24(17-34-26)22-9-13-37(14-10-22)31(41)42/h4-9,11-12,15-17,20H,10,13-14,18H2,1-3H3,(H,41,42)(H,35,36,39). The highest BCUT2D eigenvalue weighted by atomic mass is 16.4. The van der Waals surface area contributed by atoms with E-state index < -0.39 is 12.1 Å². The molecule has 1 aliphatic rings. The lowest BCUT2D eigenvalue weighted by molar-refractivity contribution is -0.114. The first-order valence-corrected chi connectivity index (χ1v) is 13.6. The number of fused-ring (bicyclic) bond motifs is 1. The molecule has 0 fully saturated rings. The van der Waals surface area contributed by atoms with Gasteiger partial charge in [0.05, 0.1) is 23.8 Å². The third kappa shape index (κ3) is 6.25. The zero-order valence-corrected chi connectivity index (χ0v) is 23.6.